The molecule has 1 aliphatic rings. The van der Waals surface area contributed by atoms with Gasteiger partial charge in [0.2, 0.25) is 0 Å². The molecule has 0 saturated carbocycles. The van der Waals surface area contributed by atoms with Gasteiger partial charge in [-0.1, -0.05) is 6.92 Å². The number of aromatic nitrogens is 2. The van der Waals surface area contributed by atoms with Crippen molar-refractivity contribution in [3.8, 4) is 0 Å². The third-order valence-electron chi connectivity index (χ3n) is 3.65. The molecule has 2 unspecified atom stereocenters. The molecule has 2 heterocycles. The van der Waals surface area contributed by atoms with Crippen LogP contribution in [-0.4, -0.2) is 35.7 Å². The maximum atomic E-state index is 12.2. The fourth-order valence-electron chi connectivity index (χ4n) is 2.50. The Labute approximate surface area is 112 Å². The molecule has 0 radical (unpaired) electrons. The van der Waals surface area contributed by atoms with Crippen molar-refractivity contribution < 1.29 is 9.53 Å². The van der Waals surface area contributed by atoms with Gasteiger partial charge in [0.25, 0.3) is 5.56 Å². The lowest BCUT2D eigenvalue weighted by Gasteiger charge is -2.17. The molecule has 104 valence electrons. The maximum Gasteiger partial charge on any atom is 0.310 e. The molecule has 0 aliphatic carbocycles. The summed E-state index contributed by atoms with van der Waals surface area (Å²) >= 11 is 0. The largest absolute Gasteiger partial charge is 0.469 e. The number of nitrogens with zero attached hydrogens (tertiary/aromatic N) is 3. The Morgan fingerprint density at radius 2 is 2.26 bits per heavy atom. The zero-order chi connectivity index (χ0) is 14.0. The summed E-state index contributed by atoms with van der Waals surface area (Å²) in [6.45, 7) is 5.65. The van der Waals surface area contributed by atoms with E-state index in [1.807, 2.05) is 18.7 Å². The monoisotopic (exact) mass is 265 g/mol. The Hall–Kier alpha value is -1.85. The van der Waals surface area contributed by atoms with Gasteiger partial charge in [-0.05, 0) is 12.8 Å². The highest BCUT2D eigenvalue weighted by Crippen LogP contribution is 2.26. The maximum absolute atomic E-state index is 12.2. The number of ether oxygens (including phenoxy) is 1. The lowest BCUT2D eigenvalue weighted by Crippen LogP contribution is -2.32. The Morgan fingerprint density at radius 1 is 1.53 bits per heavy atom. The van der Waals surface area contributed by atoms with Crippen molar-refractivity contribution in [1.82, 2.24) is 9.55 Å². The first-order valence-electron chi connectivity index (χ1n) is 6.46. The zero-order valence-corrected chi connectivity index (χ0v) is 11.5. The Balaban J connectivity index is 2.26. The van der Waals surface area contributed by atoms with Gasteiger partial charge >= 0.3 is 5.97 Å². The van der Waals surface area contributed by atoms with Crippen LogP contribution in [0.15, 0.2) is 17.2 Å². The average molecular weight is 265 g/mol. The topological polar surface area (TPSA) is 64.4 Å². The van der Waals surface area contributed by atoms with Gasteiger partial charge in [0, 0.05) is 32.0 Å². The summed E-state index contributed by atoms with van der Waals surface area (Å²) in [5, 5.41) is 0. The number of anilines is 1. The molecule has 6 nitrogen and oxygen atoms in total. The first-order valence-corrected chi connectivity index (χ1v) is 6.46. The van der Waals surface area contributed by atoms with E-state index in [4.69, 9.17) is 4.74 Å². The lowest BCUT2D eigenvalue weighted by atomic mass is 9.99. The van der Waals surface area contributed by atoms with Crippen LogP contribution in [0, 0.1) is 11.8 Å². The Kier molecular flexibility index (Phi) is 3.87. The normalized spacial score (nSPS) is 22.6. The van der Waals surface area contributed by atoms with Crippen molar-refractivity contribution in [3.63, 3.8) is 0 Å². The quantitative estimate of drug-likeness (QED) is 0.745. The molecular formula is C13H19N3O3. The molecule has 0 N–H and O–H groups in total. The van der Waals surface area contributed by atoms with E-state index in [-0.39, 0.29) is 23.4 Å². The molecule has 1 aromatic rings. The Morgan fingerprint density at radius 3 is 2.89 bits per heavy atom. The van der Waals surface area contributed by atoms with Gasteiger partial charge in [0.15, 0.2) is 5.82 Å². The standard InChI is InChI=1S/C13H19N3O3/c1-4-15-6-5-14-11(12(15)17)16-7-9(2)10(8-16)13(18)19-3/h5-6,9-10H,4,7-8H2,1-3H3. The third-order valence-corrected chi connectivity index (χ3v) is 3.65. The van der Waals surface area contributed by atoms with E-state index in [1.54, 1.807) is 17.0 Å². The average Bonchev–Trinajstić information content (AvgIpc) is 2.80. The van der Waals surface area contributed by atoms with Crippen LogP contribution in [0.3, 0.4) is 0 Å². The molecular weight excluding hydrogens is 246 g/mol. The van der Waals surface area contributed by atoms with Crippen LogP contribution in [0.1, 0.15) is 13.8 Å². The summed E-state index contributed by atoms with van der Waals surface area (Å²) in [4.78, 5) is 29.9. The van der Waals surface area contributed by atoms with Gasteiger partial charge in [0.1, 0.15) is 0 Å². The molecule has 6 heteroatoms. The first-order chi connectivity index (χ1) is 9.08. The molecule has 0 bridgehead atoms. The molecule has 19 heavy (non-hydrogen) atoms. The van der Waals surface area contributed by atoms with Crippen LogP contribution in [-0.2, 0) is 16.1 Å². The molecule has 0 amide bonds. The van der Waals surface area contributed by atoms with Gasteiger partial charge in [-0.25, -0.2) is 4.98 Å². The van der Waals surface area contributed by atoms with Crippen molar-refractivity contribution in [2.75, 3.05) is 25.1 Å². The van der Waals surface area contributed by atoms with Gasteiger partial charge in [-0.2, -0.15) is 0 Å². The second-order valence-electron chi connectivity index (χ2n) is 4.85. The van der Waals surface area contributed by atoms with E-state index in [0.717, 1.165) is 0 Å². The second-order valence-corrected chi connectivity index (χ2v) is 4.85. The number of carbonyl (C=O) groups excluding carboxylic acids is 1. The van der Waals surface area contributed by atoms with Gasteiger partial charge in [-0.3, -0.25) is 9.59 Å². The SMILES string of the molecule is CCn1ccnc(N2CC(C)C(C(=O)OC)C2)c1=O. The molecule has 0 spiro atoms. The van der Waals surface area contributed by atoms with E-state index < -0.39 is 0 Å². The number of hydrogen-bond donors (Lipinski definition) is 0. The van der Waals surface area contributed by atoms with E-state index in [0.29, 0.717) is 25.5 Å². The fourth-order valence-corrected chi connectivity index (χ4v) is 2.50. The van der Waals surface area contributed by atoms with Crippen molar-refractivity contribution in [3.05, 3.63) is 22.7 Å². The lowest BCUT2D eigenvalue weighted by molar-refractivity contribution is -0.145. The smallest absolute Gasteiger partial charge is 0.310 e. The number of aryl methyl sites for hydroxylation is 1. The molecule has 0 aromatic carbocycles. The molecule has 1 fully saturated rings. The van der Waals surface area contributed by atoms with Crippen molar-refractivity contribution in [2.24, 2.45) is 11.8 Å². The number of esters is 1. The number of methoxy groups -OCH3 is 1. The van der Waals surface area contributed by atoms with Crippen LogP contribution >= 0.6 is 0 Å². The molecule has 1 aromatic heterocycles. The predicted octanol–water partition coefficient (Wildman–Crippen LogP) is 0.509. The highest BCUT2D eigenvalue weighted by atomic mass is 16.5. The minimum absolute atomic E-state index is 0.109. The van der Waals surface area contributed by atoms with Crippen molar-refractivity contribution in [2.45, 2.75) is 20.4 Å². The number of rotatable bonds is 3. The van der Waals surface area contributed by atoms with Crippen LogP contribution < -0.4 is 10.5 Å². The third kappa shape index (κ3) is 2.47. The highest BCUT2D eigenvalue weighted by Gasteiger charge is 2.37. The first kappa shape index (κ1) is 13.6. The summed E-state index contributed by atoms with van der Waals surface area (Å²) in [6.07, 6.45) is 3.29. The van der Waals surface area contributed by atoms with Crippen LogP contribution in [0.2, 0.25) is 0 Å². The predicted molar refractivity (Wildman–Crippen MR) is 71.1 cm³/mol. The van der Waals surface area contributed by atoms with E-state index in [2.05, 4.69) is 4.98 Å². The van der Waals surface area contributed by atoms with E-state index in [1.165, 1.54) is 7.11 Å². The second kappa shape index (κ2) is 5.42. The van der Waals surface area contributed by atoms with Crippen LogP contribution in [0.4, 0.5) is 5.82 Å². The summed E-state index contributed by atoms with van der Waals surface area (Å²) in [6, 6.07) is 0. The molecule has 2 rings (SSSR count). The summed E-state index contributed by atoms with van der Waals surface area (Å²) in [5.74, 6) is 0.162. The van der Waals surface area contributed by atoms with Gasteiger partial charge < -0.3 is 14.2 Å². The van der Waals surface area contributed by atoms with Gasteiger partial charge in [-0.15, -0.1) is 0 Å². The number of hydrogen-bond acceptors (Lipinski definition) is 5. The fraction of sp³-hybridized carbons (Fsp3) is 0.615. The van der Waals surface area contributed by atoms with E-state index in [9.17, 15) is 9.59 Å². The molecule has 1 saturated heterocycles. The number of carbonyl (C=O) groups is 1. The highest BCUT2D eigenvalue weighted by molar-refractivity contribution is 5.74. The zero-order valence-electron chi connectivity index (χ0n) is 11.5. The van der Waals surface area contributed by atoms with Crippen LogP contribution in [0.5, 0.6) is 0 Å². The van der Waals surface area contributed by atoms with Gasteiger partial charge in [0.05, 0.1) is 13.0 Å². The van der Waals surface area contributed by atoms with E-state index >= 15 is 0 Å². The Bertz CT molecular complexity index is 526. The summed E-state index contributed by atoms with van der Waals surface area (Å²) in [5.41, 5.74) is -0.109. The van der Waals surface area contributed by atoms with Crippen LogP contribution in [0.25, 0.3) is 0 Å². The molecule has 2 atom stereocenters. The summed E-state index contributed by atoms with van der Waals surface area (Å²) in [7, 11) is 1.39. The minimum Gasteiger partial charge on any atom is -0.469 e. The molecule has 1 aliphatic heterocycles. The minimum atomic E-state index is -0.221. The van der Waals surface area contributed by atoms with Crippen molar-refractivity contribution in [1.29, 1.82) is 0 Å². The van der Waals surface area contributed by atoms with Crippen molar-refractivity contribution >= 4 is 11.8 Å². The summed E-state index contributed by atoms with van der Waals surface area (Å²) < 4.78 is 6.40.